The second-order valence-corrected chi connectivity index (χ2v) is 6.85. The van der Waals surface area contributed by atoms with Crippen LogP contribution in [0.5, 0.6) is 5.75 Å². The topological polar surface area (TPSA) is 34.1 Å². The number of nitrogens with one attached hydrogen (secondary N) is 1. The van der Waals surface area contributed by atoms with Crippen LogP contribution in [0.25, 0.3) is 22.0 Å². The van der Waals surface area contributed by atoms with Crippen molar-refractivity contribution in [2.75, 3.05) is 18.5 Å². The monoisotopic (exact) mass is 392 g/mol. The molecule has 0 unspecified atom stereocenters. The van der Waals surface area contributed by atoms with Gasteiger partial charge in [-0.15, -0.1) is 0 Å². The van der Waals surface area contributed by atoms with Crippen LogP contribution in [-0.2, 0) is 6.42 Å². The molecular formula is C20H16ClF3N2O. The fraction of sp³-hybridized carbons (Fsp3) is 0.250. The Balaban J connectivity index is 2.01. The van der Waals surface area contributed by atoms with Gasteiger partial charge < -0.3 is 10.1 Å². The summed E-state index contributed by atoms with van der Waals surface area (Å²) in [6, 6.07) is 11.0. The molecule has 0 saturated heterocycles. The molecule has 0 amide bonds. The van der Waals surface area contributed by atoms with Gasteiger partial charge in [0.05, 0.1) is 16.6 Å². The first-order valence-electron chi connectivity index (χ1n) is 8.49. The average molecular weight is 393 g/mol. The number of aromatic nitrogens is 1. The quantitative estimate of drug-likeness (QED) is 0.574. The molecule has 3 nitrogen and oxygen atoms in total. The predicted molar refractivity (Wildman–Crippen MR) is 101 cm³/mol. The molecule has 0 spiro atoms. The zero-order chi connectivity index (χ0) is 19.2. The molecule has 140 valence electrons. The Labute approximate surface area is 159 Å². The molecule has 27 heavy (non-hydrogen) atoms. The van der Waals surface area contributed by atoms with Crippen molar-refractivity contribution in [2.24, 2.45) is 0 Å². The van der Waals surface area contributed by atoms with Crippen molar-refractivity contribution >= 4 is 28.2 Å². The van der Waals surface area contributed by atoms with Gasteiger partial charge in [-0.05, 0) is 36.6 Å². The summed E-state index contributed by atoms with van der Waals surface area (Å²) in [5.74, 6) is 0.175. The summed E-state index contributed by atoms with van der Waals surface area (Å²) in [5.41, 5.74) is 4.38. The number of fused-ring (bicyclic) bond motifs is 3. The van der Waals surface area contributed by atoms with Gasteiger partial charge in [-0.1, -0.05) is 35.9 Å². The summed E-state index contributed by atoms with van der Waals surface area (Å²) in [7, 11) is 0. The lowest BCUT2D eigenvalue weighted by molar-refractivity contribution is -0.153. The molecule has 0 saturated carbocycles. The lowest BCUT2D eigenvalue weighted by Gasteiger charge is -2.19. The van der Waals surface area contributed by atoms with E-state index in [9.17, 15) is 13.2 Å². The molecular weight excluding hydrogens is 377 g/mol. The van der Waals surface area contributed by atoms with Gasteiger partial charge in [-0.2, -0.15) is 13.2 Å². The zero-order valence-corrected chi connectivity index (χ0v) is 15.2. The van der Waals surface area contributed by atoms with E-state index in [0.717, 1.165) is 16.7 Å². The van der Waals surface area contributed by atoms with Crippen LogP contribution in [0.15, 0.2) is 36.4 Å². The maximum absolute atomic E-state index is 12.9. The van der Waals surface area contributed by atoms with E-state index in [1.165, 1.54) is 0 Å². The molecule has 4 rings (SSSR count). The first kappa shape index (κ1) is 17.9. The van der Waals surface area contributed by atoms with Crippen molar-refractivity contribution in [3.63, 3.8) is 0 Å². The van der Waals surface area contributed by atoms with Crippen LogP contribution in [0.3, 0.4) is 0 Å². The smallest absolute Gasteiger partial charge is 0.422 e. The summed E-state index contributed by atoms with van der Waals surface area (Å²) in [6.45, 7) is 1.20. The summed E-state index contributed by atoms with van der Waals surface area (Å²) in [6.07, 6.45) is -3.77. The molecule has 7 heteroatoms. The molecule has 0 radical (unpaired) electrons. The van der Waals surface area contributed by atoms with Crippen molar-refractivity contribution in [3.8, 4) is 16.9 Å². The molecule has 1 aromatic heterocycles. The Morgan fingerprint density at radius 2 is 1.93 bits per heavy atom. The molecule has 2 heterocycles. The standard InChI is InChI=1S/C20H16ClF3N2O/c1-11-4-2-3-5-12(11)13-6-7-15-16(18(13)27-10-20(22,23)24)17-14(8-9-25-17)19(21)26-15/h2-7,25H,8-10H2,1H3. The van der Waals surface area contributed by atoms with Gasteiger partial charge in [0.15, 0.2) is 6.61 Å². The Morgan fingerprint density at radius 1 is 1.15 bits per heavy atom. The summed E-state index contributed by atoms with van der Waals surface area (Å²) < 4.78 is 44.1. The average Bonchev–Trinajstić information content (AvgIpc) is 3.10. The molecule has 0 aliphatic carbocycles. The van der Waals surface area contributed by atoms with E-state index in [2.05, 4.69) is 10.3 Å². The van der Waals surface area contributed by atoms with E-state index in [-0.39, 0.29) is 5.75 Å². The van der Waals surface area contributed by atoms with Crippen LogP contribution < -0.4 is 10.1 Å². The van der Waals surface area contributed by atoms with E-state index in [4.69, 9.17) is 16.3 Å². The van der Waals surface area contributed by atoms with Crippen LogP contribution in [0.2, 0.25) is 5.15 Å². The highest BCUT2D eigenvalue weighted by molar-refractivity contribution is 6.31. The number of rotatable bonds is 3. The van der Waals surface area contributed by atoms with E-state index in [1.807, 2.05) is 31.2 Å². The number of pyridine rings is 1. The Bertz CT molecular complexity index is 1030. The Hall–Kier alpha value is -2.47. The lowest BCUT2D eigenvalue weighted by Crippen LogP contribution is -2.19. The first-order chi connectivity index (χ1) is 12.8. The van der Waals surface area contributed by atoms with Crippen molar-refractivity contribution < 1.29 is 17.9 Å². The van der Waals surface area contributed by atoms with Crippen LogP contribution >= 0.6 is 11.6 Å². The number of alkyl halides is 3. The van der Waals surface area contributed by atoms with E-state index >= 15 is 0 Å². The normalized spacial score (nSPS) is 13.5. The fourth-order valence-corrected chi connectivity index (χ4v) is 3.74. The van der Waals surface area contributed by atoms with Gasteiger partial charge in [0, 0.05) is 17.7 Å². The number of halogens is 4. The van der Waals surface area contributed by atoms with Gasteiger partial charge in [0.1, 0.15) is 10.9 Å². The second kappa shape index (κ2) is 6.60. The minimum absolute atomic E-state index is 0.175. The van der Waals surface area contributed by atoms with Gasteiger partial charge in [0.25, 0.3) is 0 Å². The summed E-state index contributed by atoms with van der Waals surface area (Å²) in [5, 5.41) is 4.14. The molecule has 0 atom stereocenters. The van der Waals surface area contributed by atoms with Crippen LogP contribution in [-0.4, -0.2) is 24.3 Å². The lowest BCUT2D eigenvalue weighted by atomic mass is 9.96. The van der Waals surface area contributed by atoms with Crippen LogP contribution in [0.1, 0.15) is 11.1 Å². The molecule has 1 aliphatic rings. The molecule has 0 bridgehead atoms. The SMILES string of the molecule is Cc1ccccc1-c1ccc2nc(Cl)c3c(c2c1OCC(F)(F)F)NCC3. The largest absolute Gasteiger partial charge is 0.483 e. The first-order valence-corrected chi connectivity index (χ1v) is 8.87. The highest BCUT2D eigenvalue weighted by atomic mass is 35.5. The number of nitrogens with zero attached hydrogens (tertiary/aromatic N) is 1. The molecule has 3 aromatic rings. The summed E-state index contributed by atoms with van der Waals surface area (Å²) in [4.78, 5) is 4.37. The minimum atomic E-state index is -4.44. The van der Waals surface area contributed by atoms with Crippen molar-refractivity contribution in [3.05, 3.63) is 52.7 Å². The Kier molecular flexibility index (Phi) is 4.38. The third kappa shape index (κ3) is 3.30. The maximum Gasteiger partial charge on any atom is 0.422 e. The number of ether oxygens (including phenoxy) is 1. The molecule has 2 aromatic carbocycles. The van der Waals surface area contributed by atoms with Gasteiger partial charge in [0.2, 0.25) is 0 Å². The highest BCUT2D eigenvalue weighted by Gasteiger charge is 2.31. The van der Waals surface area contributed by atoms with E-state index < -0.39 is 12.8 Å². The number of hydrogen-bond acceptors (Lipinski definition) is 3. The maximum atomic E-state index is 12.9. The number of hydrogen-bond donors (Lipinski definition) is 1. The van der Waals surface area contributed by atoms with Crippen LogP contribution in [0, 0.1) is 6.92 Å². The Morgan fingerprint density at radius 3 is 2.67 bits per heavy atom. The van der Waals surface area contributed by atoms with Crippen molar-refractivity contribution in [2.45, 2.75) is 19.5 Å². The van der Waals surface area contributed by atoms with E-state index in [0.29, 0.717) is 40.3 Å². The van der Waals surface area contributed by atoms with Gasteiger partial charge in [-0.25, -0.2) is 4.98 Å². The van der Waals surface area contributed by atoms with Crippen LogP contribution in [0.4, 0.5) is 18.9 Å². The molecule has 0 fully saturated rings. The zero-order valence-electron chi connectivity index (χ0n) is 14.5. The minimum Gasteiger partial charge on any atom is -0.483 e. The molecule has 1 N–H and O–H groups in total. The van der Waals surface area contributed by atoms with Crippen molar-refractivity contribution in [1.29, 1.82) is 0 Å². The predicted octanol–water partition coefficient (Wildman–Crippen LogP) is 5.77. The number of anilines is 1. The van der Waals surface area contributed by atoms with Gasteiger partial charge >= 0.3 is 6.18 Å². The highest BCUT2D eigenvalue weighted by Crippen LogP contribution is 2.45. The second-order valence-electron chi connectivity index (χ2n) is 6.49. The molecule has 1 aliphatic heterocycles. The third-order valence-corrected chi connectivity index (χ3v) is 4.96. The van der Waals surface area contributed by atoms with Crippen molar-refractivity contribution in [1.82, 2.24) is 4.98 Å². The summed E-state index contributed by atoms with van der Waals surface area (Å²) >= 11 is 6.26. The van der Waals surface area contributed by atoms with Gasteiger partial charge in [-0.3, -0.25) is 0 Å². The fourth-order valence-electron chi connectivity index (χ4n) is 3.46. The van der Waals surface area contributed by atoms with E-state index in [1.54, 1.807) is 12.1 Å². The number of aryl methyl sites for hydroxylation is 1. The number of benzene rings is 2. The third-order valence-electron chi connectivity index (χ3n) is 4.65.